The molecule has 29 heavy (non-hydrogen) atoms. The molecule has 3 rings (SSSR count). The monoisotopic (exact) mass is 404 g/mol. The Morgan fingerprint density at radius 1 is 1.17 bits per heavy atom. The van der Waals surface area contributed by atoms with Crippen LogP contribution in [0.25, 0.3) is 16.8 Å². The number of thiophene rings is 1. The van der Waals surface area contributed by atoms with Crippen molar-refractivity contribution in [1.82, 2.24) is 0 Å². The molecule has 0 bridgehead atoms. The van der Waals surface area contributed by atoms with Crippen LogP contribution in [0.5, 0.6) is 0 Å². The molecule has 3 aromatic rings. The molecule has 0 aliphatic rings. The van der Waals surface area contributed by atoms with E-state index >= 15 is 0 Å². The summed E-state index contributed by atoms with van der Waals surface area (Å²) in [6.45, 7) is 5.65. The molecule has 0 saturated heterocycles. The van der Waals surface area contributed by atoms with Gasteiger partial charge in [0.05, 0.1) is 12.2 Å². The van der Waals surface area contributed by atoms with Gasteiger partial charge in [0, 0.05) is 4.88 Å². The predicted molar refractivity (Wildman–Crippen MR) is 116 cm³/mol. The van der Waals surface area contributed by atoms with Crippen molar-refractivity contribution in [2.75, 3.05) is 11.9 Å². The van der Waals surface area contributed by atoms with Crippen LogP contribution in [0.2, 0.25) is 0 Å². The minimum Gasteiger partial charge on any atom is -0.462 e. The lowest BCUT2D eigenvalue weighted by Crippen LogP contribution is -2.16. The Bertz CT molecular complexity index is 1160. The molecule has 0 aliphatic carbocycles. The third-order valence-corrected chi connectivity index (χ3v) is 5.70. The van der Waals surface area contributed by atoms with E-state index in [9.17, 15) is 14.9 Å². The fraction of sp³-hybridized carbons (Fsp3) is 0.174. The van der Waals surface area contributed by atoms with Crippen molar-refractivity contribution < 1.29 is 14.3 Å². The number of nitrogens with one attached hydrogen (secondary N) is 1. The summed E-state index contributed by atoms with van der Waals surface area (Å²) in [5, 5.41) is 14.6. The van der Waals surface area contributed by atoms with E-state index in [1.54, 1.807) is 13.0 Å². The Balaban J connectivity index is 1.96. The van der Waals surface area contributed by atoms with Crippen LogP contribution in [0.1, 0.15) is 33.3 Å². The summed E-state index contributed by atoms with van der Waals surface area (Å²) < 4.78 is 5.11. The molecule has 1 aromatic heterocycles. The highest BCUT2D eigenvalue weighted by Gasteiger charge is 2.23. The van der Waals surface area contributed by atoms with Gasteiger partial charge in [-0.05, 0) is 48.7 Å². The predicted octanol–water partition coefficient (Wildman–Crippen LogP) is 5.24. The molecule has 1 heterocycles. The first kappa shape index (κ1) is 20.3. The lowest BCUT2D eigenvalue weighted by molar-refractivity contribution is -0.112. The molecule has 0 radical (unpaired) electrons. The Morgan fingerprint density at radius 2 is 1.90 bits per heavy atom. The number of anilines is 1. The lowest BCUT2D eigenvalue weighted by Gasteiger charge is -2.07. The third-order valence-electron chi connectivity index (χ3n) is 4.58. The topological polar surface area (TPSA) is 79.2 Å². The number of nitrogens with zero attached hydrogens (tertiary/aromatic N) is 1. The summed E-state index contributed by atoms with van der Waals surface area (Å²) in [4.78, 5) is 26.0. The summed E-state index contributed by atoms with van der Waals surface area (Å²) in [6.07, 6.45) is 1.56. The zero-order valence-electron chi connectivity index (χ0n) is 16.4. The highest BCUT2D eigenvalue weighted by molar-refractivity contribution is 7.16. The standard InChI is InChI=1S/C23H20N2O3S/c1-4-28-23(27)20-14(2)15(3)29-22(20)25-21(26)18(13-24)12-17-10-7-9-16-8-5-6-11-19(16)17/h5-12H,4H2,1-3H3,(H,25,26)/b18-12+. The number of fused-ring (bicyclic) bond motifs is 1. The average molecular weight is 404 g/mol. The van der Waals surface area contributed by atoms with E-state index in [0.29, 0.717) is 10.6 Å². The maximum Gasteiger partial charge on any atom is 0.341 e. The van der Waals surface area contributed by atoms with Gasteiger partial charge in [0.1, 0.15) is 16.6 Å². The molecule has 6 heteroatoms. The third kappa shape index (κ3) is 4.20. The van der Waals surface area contributed by atoms with Gasteiger partial charge < -0.3 is 10.1 Å². The summed E-state index contributed by atoms with van der Waals surface area (Å²) in [6, 6.07) is 15.4. The minimum absolute atomic E-state index is 0.0418. The van der Waals surface area contributed by atoms with Gasteiger partial charge >= 0.3 is 5.97 Å². The first-order valence-electron chi connectivity index (χ1n) is 9.14. The van der Waals surface area contributed by atoms with Crippen LogP contribution < -0.4 is 5.32 Å². The van der Waals surface area contributed by atoms with Crippen LogP contribution in [0.15, 0.2) is 48.0 Å². The van der Waals surface area contributed by atoms with Crippen LogP contribution in [0, 0.1) is 25.2 Å². The van der Waals surface area contributed by atoms with Crippen molar-refractivity contribution >= 4 is 45.1 Å². The summed E-state index contributed by atoms with van der Waals surface area (Å²) in [5.74, 6) is -1.05. The second-order valence-electron chi connectivity index (χ2n) is 6.40. The first-order chi connectivity index (χ1) is 14.0. The van der Waals surface area contributed by atoms with Crippen molar-refractivity contribution in [1.29, 1.82) is 5.26 Å². The second kappa shape index (κ2) is 8.72. The molecular weight excluding hydrogens is 384 g/mol. The van der Waals surface area contributed by atoms with Gasteiger partial charge in [0.25, 0.3) is 5.91 Å². The van der Waals surface area contributed by atoms with Crippen molar-refractivity contribution in [2.45, 2.75) is 20.8 Å². The Labute approximate surface area is 173 Å². The van der Waals surface area contributed by atoms with Crippen LogP contribution in [-0.4, -0.2) is 18.5 Å². The van der Waals surface area contributed by atoms with Gasteiger partial charge in [-0.2, -0.15) is 5.26 Å². The number of amides is 1. The van der Waals surface area contributed by atoms with Gasteiger partial charge in [-0.3, -0.25) is 4.79 Å². The molecule has 0 spiro atoms. The highest BCUT2D eigenvalue weighted by atomic mass is 32.1. The number of esters is 1. The molecule has 0 fully saturated rings. The molecule has 146 valence electrons. The molecule has 5 nitrogen and oxygen atoms in total. The molecule has 0 unspecified atom stereocenters. The highest BCUT2D eigenvalue weighted by Crippen LogP contribution is 2.33. The normalized spacial score (nSPS) is 11.2. The van der Waals surface area contributed by atoms with Crippen molar-refractivity contribution in [3.05, 3.63) is 69.6 Å². The van der Waals surface area contributed by atoms with E-state index < -0.39 is 11.9 Å². The molecular formula is C23H20N2O3S. The molecule has 0 aliphatic heterocycles. The number of benzene rings is 2. The van der Waals surface area contributed by atoms with Crippen LogP contribution in [-0.2, 0) is 9.53 Å². The second-order valence-corrected chi connectivity index (χ2v) is 7.62. The molecule has 1 amide bonds. The van der Waals surface area contributed by atoms with Gasteiger partial charge in [-0.25, -0.2) is 4.79 Å². The number of hydrogen-bond donors (Lipinski definition) is 1. The first-order valence-corrected chi connectivity index (χ1v) is 9.96. The van der Waals surface area contributed by atoms with E-state index in [2.05, 4.69) is 5.32 Å². The minimum atomic E-state index is -0.563. The number of ether oxygens (including phenoxy) is 1. The fourth-order valence-corrected chi connectivity index (χ4v) is 4.06. The molecule has 0 atom stereocenters. The Kier molecular flexibility index (Phi) is 6.10. The average Bonchev–Trinajstić information content (AvgIpc) is 2.99. The number of carbonyl (C=O) groups excluding carboxylic acids is 2. The Morgan fingerprint density at radius 3 is 2.62 bits per heavy atom. The SMILES string of the molecule is CCOC(=O)c1c(NC(=O)/C(C#N)=C/c2cccc3ccccc23)sc(C)c1C. The van der Waals surface area contributed by atoms with E-state index in [1.807, 2.05) is 62.4 Å². The maximum absolute atomic E-state index is 12.8. The van der Waals surface area contributed by atoms with Crippen molar-refractivity contribution in [3.8, 4) is 6.07 Å². The van der Waals surface area contributed by atoms with Crippen molar-refractivity contribution in [3.63, 3.8) is 0 Å². The van der Waals surface area contributed by atoms with Crippen LogP contribution in [0.4, 0.5) is 5.00 Å². The number of nitriles is 1. The van der Waals surface area contributed by atoms with Crippen LogP contribution >= 0.6 is 11.3 Å². The van der Waals surface area contributed by atoms with Crippen LogP contribution in [0.3, 0.4) is 0 Å². The number of carbonyl (C=O) groups is 2. The van der Waals surface area contributed by atoms with E-state index in [1.165, 1.54) is 11.3 Å². The fourth-order valence-electron chi connectivity index (χ4n) is 3.01. The molecule has 1 N–H and O–H groups in total. The summed E-state index contributed by atoms with van der Waals surface area (Å²) in [7, 11) is 0. The zero-order valence-corrected chi connectivity index (χ0v) is 17.2. The quantitative estimate of drug-likeness (QED) is 0.358. The van der Waals surface area contributed by atoms with Gasteiger partial charge in [0.15, 0.2) is 0 Å². The van der Waals surface area contributed by atoms with Gasteiger partial charge in [-0.1, -0.05) is 42.5 Å². The van der Waals surface area contributed by atoms with Gasteiger partial charge in [-0.15, -0.1) is 11.3 Å². The number of hydrogen-bond acceptors (Lipinski definition) is 5. The van der Waals surface area contributed by atoms with E-state index in [0.717, 1.165) is 26.8 Å². The number of rotatable bonds is 5. The van der Waals surface area contributed by atoms with E-state index in [4.69, 9.17) is 4.74 Å². The molecule has 0 saturated carbocycles. The van der Waals surface area contributed by atoms with E-state index in [-0.39, 0.29) is 12.2 Å². The summed E-state index contributed by atoms with van der Waals surface area (Å²) in [5.41, 5.74) is 1.84. The number of aryl methyl sites for hydroxylation is 1. The van der Waals surface area contributed by atoms with Crippen molar-refractivity contribution in [2.24, 2.45) is 0 Å². The van der Waals surface area contributed by atoms with Gasteiger partial charge in [0.2, 0.25) is 0 Å². The Hall–Kier alpha value is -3.43. The smallest absolute Gasteiger partial charge is 0.341 e. The maximum atomic E-state index is 12.8. The largest absolute Gasteiger partial charge is 0.462 e. The lowest BCUT2D eigenvalue weighted by atomic mass is 10.0. The zero-order chi connectivity index (χ0) is 21.0. The summed E-state index contributed by atoms with van der Waals surface area (Å²) >= 11 is 1.29. The molecule has 2 aromatic carbocycles.